The van der Waals surface area contributed by atoms with Crippen LogP contribution < -0.4 is 36.2 Å². The molecule has 18 unspecified atom stereocenters. The number of aliphatic hydroxyl groups excluding tert-OH is 8. The number of ether oxygens (including phenoxy) is 9. The summed E-state index contributed by atoms with van der Waals surface area (Å²) in [5, 5.41) is 124. The molecule has 15 N–H and O–H groups in total. The molecule has 6 aromatic rings. The van der Waals surface area contributed by atoms with Crippen LogP contribution in [0.3, 0.4) is 0 Å². The van der Waals surface area contributed by atoms with Crippen LogP contribution in [0.2, 0.25) is 0 Å². The third-order valence-corrected chi connectivity index (χ3v) is 23.1. The number of hydrogen-bond donors (Lipinski definition) is 15. The number of carboxylic acids is 2. The third kappa shape index (κ3) is 23.2. The first-order chi connectivity index (χ1) is 58.5. The summed E-state index contributed by atoms with van der Waals surface area (Å²) in [6.45, 7) is 1.22. The highest BCUT2D eigenvalue weighted by atomic mass is 16.8. The lowest BCUT2D eigenvalue weighted by atomic mass is 9.81. The SMILES string of the molecule is O=C(O)CCC(NC(=O)NCCCCCNC(=O)C(Cc1ccc2ccccc2c1)NC(=O)C1CCC(CNC(=O)CCc2ccc(OC3OC(CO)C(OC4OC(CO)C(OC5OC6COC(c7cccc(N8CCN(C(=O)OCC9c%10ccccc%10-c%10ccccc%109)CC8)c7)OC6C(O)C5O)C(O)C4O)C(O)C3O)cc2)CC1)C(=O)O.O=C=O. The fourth-order valence-corrected chi connectivity index (χ4v) is 16.4. The van der Waals surface area contributed by atoms with E-state index >= 15 is 0 Å². The summed E-state index contributed by atoms with van der Waals surface area (Å²) in [7, 11) is 0. The molecule has 121 heavy (non-hydrogen) atoms. The molecule has 6 aromatic carbocycles. The minimum atomic E-state index is -1.99. The van der Waals surface area contributed by atoms with Crippen LogP contribution in [0.1, 0.15) is 104 Å². The van der Waals surface area contributed by atoms with E-state index in [9.17, 15) is 79.5 Å². The number of anilines is 1. The topological polar surface area (TPSA) is 506 Å². The van der Waals surface area contributed by atoms with Gasteiger partial charge in [-0.05, 0) is 132 Å². The summed E-state index contributed by atoms with van der Waals surface area (Å²) in [5.74, 6) is -3.39. The molecule has 1 saturated carbocycles. The van der Waals surface area contributed by atoms with Gasteiger partial charge in [-0.2, -0.15) is 9.59 Å². The number of fused-ring (bicyclic) bond motifs is 5. The third-order valence-electron chi connectivity index (χ3n) is 23.1. The van der Waals surface area contributed by atoms with Crippen LogP contribution in [0, 0.1) is 11.8 Å². The number of carboxylic acid groups (broad SMARTS) is 2. The predicted molar refractivity (Wildman–Crippen MR) is 425 cm³/mol. The first-order valence-electron chi connectivity index (χ1n) is 40.9. The number of amides is 6. The lowest BCUT2D eigenvalue weighted by Crippen LogP contribution is -2.67. The van der Waals surface area contributed by atoms with Crippen LogP contribution in [-0.2, 0) is 84.3 Å². The zero-order valence-corrected chi connectivity index (χ0v) is 66.4. The van der Waals surface area contributed by atoms with Crippen LogP contribution in [0.15, 0.2) is 140 Å². The van der Waals surface area contributed by atoms with Gasteiger partial charge in [0.1, 0.15) is 97.7 Å². The van der Waals surface area contributed by atoms with E-state index in [0.717, 1.165) is 49.8 Å². The maximum absolute atomic E-state index is 13.9. The molecule has 5 aliphatic heterocycles. The van der Waals surface area contributed by atoms with Crippen LogP contribution in [-0.4, -0.2) is 280 Å². The molecule has 2 aliphatic carbocycles. The van der Waals surface area contributed by atoms with E-state index in [-0.39, 0.29) is 92.5 Å². The van der Waals surface area contributed by atoms with E-state index in [1.807, 2.05) is 84.9 Å². The van der Waals surface area contributed by atoms with Crippen LogP contribution in [0.25, 0.3) is 21.9 Å². The number of carbonyl (C=O) groups is 7. The molecule has 5 heterocycles. The smallest absolute Gasteiger partial charge is 0.409 e. The number of unbranched alkanes of at least 4 members (excludes halogenated alkanes) is 2. The van der Waals surface area contributed by atoms with Crippen LogP contribution in [0.4, 0.5) is 15.3 Å². The molecule has 35 heteroatoms. The molecule has 652 valence electrons. The molecular formula is C86H105N7O28. The minimum absolute atomic E-state index is 0.0596. The number of aliphatic hydroxyl groups is 8. The van der Waals surface area contributed by atoms with Gasteiger partial charge in [0.25, 0.3) is 0 Å². The Bertz CT molecular complexity index is 4460. The number of nitrogens with zero attached hydrogens (tertiary/aromatic N) is 2. The average molecular weight is 1680 g/mol. The van der Waals surface area contributed by atoms with Crippen molar-refractivity contribution < 1.29 is 137 Å². The zero-order chi connectivity index (χ0) is 85.8. The average Bonchev–Trinajstić information content (AvgIpc) is 1.67. The van der Waals surface area contributed by atoms with E-state index in [0.29, 0.717) is 96.2 Å². The maximum Gasteiger partial charge on any atom is 0.409 e. The van der Waals surface area contributed by atoms with Gasteiger partial charge in [-0.15, -0.1) is 0 Å². The van der Waals surface area contributed by atoms with Crippen molar-refractivity contribution in [2.75, 3.05) is 77.1 Å². The summed E-state index contributed by atoms with van der Waals surface area (Å²) in [6.07, 6.45) is -21.4. The van der Waals surface area contributed by atoms with Gasteiger partial charge in [0.2, 0.25) is 24.0 Å². The first kappa shape index (κ1) is 90.1. The van der Waals surface area contributed by atoms with E-state index in [1.165, 1.54) is 0 Å². The van der Waals surface area contributed by atoms with Crippen molar-refractivity contribution in [3.63, 3.8) is 0 Å². The Labute approximate surface area is 696 Å². The van der Waals surface area contributed by atoms with Crippen molar-refractivity contribution in [3.8, 4) is 16.9 Å². The summed E-state index contributed by atoms with van der Waals surface area (Å²) >= 11 is 0. The summed E-state index contributed by atoms with van der Waals surface area (Å²) in [5.41, 5.74) is 7.64. The number of nitrogens with one attached hydrogen (secondary N) is 5. The highest BCUT2D eigenvalue weighted by Gasteiger charge is 2.55. The van der Waals surface area contributed by atoms with E-state index in [1.54, 1.807) is 35.2 Å². The molecule has 7 aliphatic rings. The van der Waals surface area contributed by atoms with Crippen molar-refractivity contribution in [1.82, 2.24) is 31.5 Å². The van der Waals surface area contributed by atoms with Gasteiger partial charge in [0.15, 0.2) is 18.9 Å². The first-order valence-corrected chi connectivity index (χ1v) is 40.9. The van der Waals surface area contributed by atoms with Crippen molar-refractivity contribution >= 4 is 64.4 Å². The Hall–Kier alpha value is -10.1. The molecule has 0 spiro atoms. The molecule has 35 nitrogen and oxygen atoms in total. The Morgan fingerprint density at radius 1 is 0.570 bits per heavy atom. The zero-order valence-electron chi connectivity index (χ0n) is 66.4. The standard InChI is InChI=1S/C85H105N7O26.CO2/c93-43-63-74(117-82-72(102)69(99)75(64(44-94)114-82)118-83-73(103)70(100)76-65(115-83)46-110-80(116-76)53-13-10-14-54(41-53)91-35-37-92(38-36-91)85(109)111-45-60-58-17-6-4-15-56(58)57-16-5-7-18-59(57)60)68(98)71(101)81(113-63)112-55-28-22-47(23-29-55)24-31-66(95)88-42-48-19-26-51(27-20-48)77(104)89-62(40-49-21-25-50-11-2-3-12-52(50)39-49)78(105)86-33-8-1-9-34-87-84(108)90-61(79(106)107)30-32-67(96)97;2-1-3/h2-7,10-18,21-23,25,28-29,39,41,48,51,60-65,68-76,80-83,93-94,98-103H,1,8-9,19-20,24,26-27,30-38,40,42-46H2,(H,86,105)(H,88,95)(H,89,104)(H,96,97)(H,106,107)(H2,87,90,108);. The number of rotatable bonds is 33. The summed E-state index contributed by atoms with van der Waals surface area (Å²) < 4.78 is 54.0. The van der Waals surface area contributed by atoms with Gasteiger partial charge in [-0.3, -0.25) is 19.2 Å². The normalized spacial score (nSPS) is 27.4. The van der Waals surface area contributed by atoms with E-state index in [4.69, 9.17) is 57.3 Å². The van der Waals surface area contributed by atoms with Crippen LogP contribution >= 0.6 is 0 Å². The number of benzene rings is 6. The molecule has 6 amide bonds. The molecule has 18 atom stereocenters. The van der Waals surface area contributed by atoms with Gasteiger partial charge in [0, 0.05) is 88.2 Å². The molecule has 6 fully saturated rings. The van der Waals surface area contributed by atoms with Gasteiger partial charge in [0.05, 0.1) is 19.8 Å². The number of carbonyl (C=O) groups excluding carboxylic acids is 7. The van der Waals surface area contributed by atoms with Gasteiger partial charge in [-0.25, -0.2) is 14.4 Å². The van der Waals surface area contributed by atoms with Crippen LogP contribution in [0.5, 0.6) is 5.75 Å². The fourth-order valence-electron chi connectivity index (χ4n) is 16.4. The second-order valence-electron chi connectivity index (χ2n) is 31.2. The van der Waals surface area contributed by atoms with Gasteiger partial charge < -0.3 is 130 Å². The molecule has 13 rings (SSSR count). The van der Waals surface area contributed by atoms with Crippen molar-refractivity contribution in [2.24, 2.45) is 11.8 Å². The number of hydrogen-bond acceptors (Lipinski definition) is 27. The predicted octanol–water partition coefficient (Wildman–Crippen LogP) is 2.40. The largest absolute Gasteiger partial charge is 0.481 e. The molecule has 0 radical (unpaired) electrons. The molecule has 0 aromatic heterocycles. The van der Waals surface area contributed by atoms with Gasteiger partial charge >= 0.3 is 30.2 Å². The quantitative estimate of drug-likeness (QED) is 0.0263. The number of aliphatic carboxylic acids is 2. The molecule has 5 saturated heterocycles. The Morgan fingerprint density at radius 3 is 1.83 bits per heavy atom. The second-order valence-corrected chi connectivity index (χ2v) is 31.2. The summed E-state index contributed by atoms with van der Waals surface area (Å²) in [6, 6.07) is 41.1. The summed E-state index contributed by atoms with van der Waals surface area (Å²) in [4.78, 5) is 109. The molecular weight excluding hydrogens is 1580 g/mol. The monoisotopic (exact) mass is 1680 g/mol. The second kappa shape index (κ2) is 43.1. The number of piperazine rings is 1. The van der Waals surface area contributed by atoms with Crippen molar-refractivity contribution in [1.29, 1.82) is 0 Å². The number of urea groups is 1. The highest BCUT2D eigenvalue weighted by molar-refractivity contribution is 5.89. The van der Waals surface area contributed by atoms with E-state index in [2.05, 4.69) is 55.7 Å². The van der Waals surface area contributed by atoms with E-state index < -0.39 is 148 Å². The lowest BCUT2D eigenvalue weighted by molar-refractivity contribution is -0.392. The van der Waals surface area contributed by atoms with Crippen molar-refractivity contribution in [2.45, 2.75) is 193 Å². The number of aryl methyl sites for hydroxylation is 1. The molecule has 0 bridgehead atoms. The van der Waals surface area contributed by atoms with Gasteiger partial charge in [-0.1, -0.05) is 115 Å². The Balaban J connectivity index is 0.00000440. The highest BCUT2D eigenvalue weighted by Crippen LogP contribution is 2.45. The minimum Gasteiger partial charge on any atom is -0.481 e. The maximum atomic E-state index is 13.9. The fraction of sp³-hybridized carbons (Fsp3) is 0.512. The lowest BCUT2D eigenvalue weighted by Gasteiger charge is -2.49. The van der Waals surface area contributed by atoms with Crippen molar-refractivity contribution in [3.05, 3.63) is 167 Å². The Kier molecular flexibility index (Phi) is 32.1. The Morgan fingerprint density at radius 2 is 1.17 bits per heavy atom.